The zero-order chi connectivity index (χ0) is 46.0. The van der Waals surface area contributed by atoms with Gasteiger partial charge in [0.2, 0.25) is 0 Å². The Bertz CT molecular complexity index is 2920. The summed E-state index contributed by atoms with van der Waals surface area (Å²) in [5.74, 6) is 0.455. The maximum Gasteiger partial charge on any atom is 0.266 e. The number of benzene rings is 7. The van der Waals surface area contributed by atoms with Crippen molar-refractivity contribution in [2.24, 2.45) is 11.8 Å². The quantitative estimate of drug-likeness (QED) is 0.0864. The van der Waals surface area contributed by atoms with Crippen LogP contribution in [0, 0.1) is 25.7 Å². The smallest absolute Gasteiger partial charge is 0.266 e. The number of halogens is 4. The molecule has 2 aliphatic heterocycles. The van der Waals surface area contributed by atoms with E-state index in [0.29, 0.717) is 66.3 Å². The number of fused-ring (bicyclic) bond motifs is 2. The lowest BCUT2D eigenvalue weighted by Gasteiger charge is -2.33. The molecule has 336 valence electrons. The number of carbonyl (C=O) groups excluding carboxylic acids is 4. The summed E-state index contributed by atoms with van der Waals surface area (Å²) < 4.78 is 0. The second kappa shape index (κ2) is 16.5. The molecule has 2 heterocycles. The van der Waals surface area contributed by atoms with Gasteiger partial charge in [-0.1, -0.05) is 110 Å². The highest BCUT2D eigenvalue weighted by atomic mass is 35.5. The van der Waals surface area contributed by atoms with Crippen molar-refractivity contribution in [3.05, 3.63) is 125 Å². The molecule has 7 aromatic rings. The van der Waals surface area contributed by atoms with Gasteiger partial charge in [-0.3, -0.25) is 19.2 Å². The Morgan fingerprint density at radius 2 is 0.727 bits per heavy atom. The molecule has 6 nitrogen and oxygen atoms in total. The van der Waals surface area contributed by atoms with Gasteiger partial charge < -0.3 is 0 Å². The number of aryl methyl sites for hydroxylation is 2. The summed E-state index contributed by atoms with van der Waals surface area (Å²) in [6.45, 7) is 8.39. The van der Waals surface area contributed by atoms with Gasteiger partial charge in [-0.2, -0.15) is 0 Å². The molecule has 0 aromatic heterocycles. The Hall–Kier alpha value is -4.72. The average Bonchev–Trinajstić information content (AvgIpc) is 3.30. The van der Waals surface area contributed by atoms with Crippen LogP contribution >= 0.6 is 46.4 Å². The zero-order valence-corrected chi connectivity index (χ0v) is 40.6. The van der Waals surface area contributed by atoms with Gasteiger partial charge in [-0.05, 0) is 148 Å². The van der Waals surface area contributed by atoms with E-state index in [1.54, 1.807) is 24.3 Å². The number of amides is 4. The van der Waals surface area contributed by atoms with Crippen molar-refractivity contribution in [2.45, 2.75) is 117 Å². The van der Waals surface area contributed by atoms with Gasteiger partial charge in [0.25, 0.3) is 23.6 Å². The van der Waals surface area contributed by atoms with Gasteiger partial charge in [0.15, 0.2) is 0 Å². The SMILES string of the molecule is CCCC1CCC(c2ccc(N3C(=O)c4cc(Cl)c5c6c(Cl)cc7c8c(cc(Cl)c(c9c(Cl)cc(c4c59)C3=O)c86)C(=O)N(c3ccc(C4CCC(CCC)CC4)cc3C)C7=O)c(C)c2)CC1. The van der Waals surface area contributed by atoms with Crippen LogP contribution in [-0.2, 0) is 0 Å². The summed E-state index contributed by atoms with van der Waals surface area (Å²) >= 11 is 29.2. The predicted octanol–water partition coefficient (Wildman–Crippen LogP) is 16.7. The van der Waals surface area contributed by atoms with Crippen LogP contribution in [0.5, 0.6) is 0 Å². The second-order valence-electron chi connectivity index (χ2n) is 19.6. The first-order chi connectivity index (χ1) is 31.8. The Balaban J connectivity index is 1.02. The van der Waals surface area contributed by atoms with Gasteiger partial charge in [0.05, 0.1) is 33.6 Å². The summed E-state index contributed by atoms with van der Waals surface area (Å²) in [7, 11) is 0. The van der Waals surface area contributed by atoms with Gasteiger partial charge in [-0.15, -0.1) is 0 Å². The van der Waals surface area contributed by atoms with Crippen LogP contribution in [0.2, 0.25) is 20.1 Å². The minimum Gasteiger partial charge on any atom is -0.268 e. The molecule has 66 heavy (non-hydrogen) atoms. The van der Waals surface area contributed by atoms with Crippen molar-refractivity contribution < 1.29 is 19.2 Å². The number of nitrogens with zero attached hydrogens (tertiary/aromatic N) is 2. The second-order valence-corrected chi connectivity index (χ2v) is 21.2. The monoisotopic (exact) mass is 954 g/mol. The number of carbonyl (C=O) groups is 4. The molecule has 11 rings (SSSR count). The van der Waals surface area contributed by atoms with Gasteiger partial charge >= 0.3 is 0 Å². The Morgan fingerprint density at radius 1 is 0.424 bits per heavy atom. The van der Waals surface area contributed by atoms with Crippen LogP contribution in [0.3, 0.4) is 0 Å². The topological polar surface area (TPSA) is 74.8 Å². The molecule has 0 saturated heterocycles. The molecule has 0 atom stereocenters. The van der Waals surface area contributed by atoms with Crippen LogP contribution < -0.4 is 9.80 Å². The molecule has 2 aliphatic carbocycles. The predicted molar refractivity (Wildman–Crippen MR) is 272 cm³/mol. The van der Waals surface area contributed by atoms with E-state index in [1.807, 2.05) is 26.0 Å². The Morgan fingerprint density at radius 3 is 1.00 bits per heavy atom. The number of hydrogen-bond donors (Lipinski definition) is 0. The van der Waals surface area contributed by atoms with E-state index in [0.717, 1.165) is 48.6 Å². The molecule has 4 amide bonds. The third-order valence-electron chi connectivity index (χ3n) is 15.8. The van der Waals surface area contributed by atoms with Crippen LogP contribution in [0.15, 0.2) is 60.7 Å². The lowest BCUT2D eigenvalue weighted by atomic mass is 9.77. The van der Waals surface area contributed by atoms with Crippen LogP contribution in [-0.4, -0.2) is 23.6 Å². The fraction of sp³-hybridized carbons (Fsp3) is 0.357. The van der Waals surface area contributed by atoms with Crippen LogP contribution in [0.1, 0.15) is 166 Å². The highest BCUT2D eigenvalue weighted by Gasteiger charge is 2.41. The molecule has 2 fully saturated rings. The molecule has 4 aliphatic rings. The van der Waals surface area contributed by atoms with E-state index in [2.05, 4.69) is 38.1 Å². The van der Waals surface area contributed by atoms with E-state index >= 15 is 0 Å². The van der Waals surface area contributed by atoms with Crippen molar-refractivity contribution >= 4 is 124 Å². The van der Waals surface area contributed by atoms with E-state index in [4.69, 9.17) is 46.4 Å². The van der Waals surface area contributed by atoms with E-state index in [-0.39, 0.29) is 42.3 Å². The fourth-order valence-electron chi connectivity index (χ4n) is 12.6. The third-order valence-corrected chi connectivity index (χ3v) is 17.0. The maximum absolute atomic E-state index is 14.8. The molecule has 0 spiro atoms. The summed E-state index contributed by atoms with van der Waals surface area (Å²) in [6.07, 6.45) is 14.4. The molecule has 0 unspecified atom stereocenters. The molecule has 2 saturated carbocycles. The Labute approximate surface area is 404 Å². The Kier molecular flexibility index (Phi) is 11.0. The first-order valence-corrected chi connectivity index (χ1v) is 25.3. The molecular weight excluding hydrogens is 906 g/mol. The minimum atomic E-state index is -0.502. The van der Waals surface area contributed by atoms with E-state index in [1.165, 1.54) is 72.3 Å². The summed E-state index contributed by atoms with van der Waals surface area (Å²) in [5, 5.41) is 4.35. The average molecular weight is 957 g/mol. The molecular formula is C56H50Cl4N2O4. The van der Waals surface area contributed by atoms with Crippen molar-refractivity contribution in [2.75, 3.05) is 9.80 Å². The largest absolute Gasteiger partial charge is 0.268 e. The molecule has 0 radical (unpaired) electrons. The minimum absolute atomic E-state index is 0.203. The van der Waals surface area contributed by atoms with Crippen LogP contribution in [0.25, 0.3) is 43.1 Å². The molecule has 0 bridgehead atoms. The number of imide groups is 2. The molecule has 7 aromatic carbocycles. The molecule has 0 N–H and O–H groups in total. The van der Waals surface area contributed by atoms with Gasteiger partial charge in [0.1, 0.15) is 0 Å². The summed E-state index contributed by atoms with van der Waals surface area (Å²) in [5.41, 5.74) is 6.13. The highest BCUT2D eigenvalue weighted by molar-refractivity contribution is 6.57. The van der Waals surface area contributed by atoms with Crippen molar-refractivity contribution in [1.82, 2.24) is 0 Å². The van der Waals surface area contributed by atoms with Gasteiger partial charge in [-0.25, -0.2) is 9.80 Å². The lowest BCUT2D eigenvalue weighted by Crippen LogP contribution is -2.41. The molecule has 10 heteroatoms. The maximum atomic E-state index is 14.8. The van der Waals surface area contributed by atoms with E-state index in [9.17, 15) is 19.2 Å². The number of anilines is 2. The normalized spacial score (nSPS) is 21.2. The first kappa shape index (κ1) is 43.8. The van der Waals surface area contributed by atoms with Crippen molar-refractivity contribution in [3.63, 3.8) is 0 Å². The van der Waals surface area contributed by atoms with Crippen LogP contribution in [0.4, 0.5) is 11.4 Å². The number of rotatable bonds is 8. The zero-order valence-electron chi connectivity index (χ0n) is 37.6. The lowest BCUT2D eigenvalue weighted by molar-refractivity contribution is 0.0877. The fourth-order valence-corrected chi connectivity index (χ4v) is 13.8. The summed E-state index contributed by atoms with van der Waals surface area (Å²) in [6, 6.07) is 18.6. The summed E-state index contributed by atoms with van der Waals surface area (Å²) in [4.78, 5) is 61.6. The highest BCUT2D eigenvalue weighted by Crippen LogP contribution is 2.54. The van der Waals surface area contributed by atoms with E-state index < -0.39 is 23.6 Å². The third kappa shape index (κ3) is 6.55. The van der Waals surface area contributed by atoms with Crippen molar-refractivity contribution in [3.8, 4) is 0 Å². The van der Waals surface area contributed by atoms with Crippen molar-refractivity contribution in [1.29, 1.82) is 0 Å². The standard InChI is InChI=1S/C56H50Cl4N2O4/c1-5-7-29-9-13-31(14-10-29)33-17-19-43(27(3)21-33)61-53(63)35-23-39(57)47-49-41(59)25-37-46-38(26-42(60)50(52(46)49)48-40(58)24-36(54(61)64)45(35)51(47)48)56(66)62(55(37)65)44-20-18-34(22-28(44)4)32-15-11-30(8-6-2)12-16-32/h17-26,29-32H,5-16H2,1-4H3. The first-order valence-electron chi connectivity index (χ1n) is 23.8. The van der Waals surface area contributed by atoms with Gasteiger partial charge in [0, 0.05) is 63.2 Å². The number of hydrogen-bond acceptors (Lipinski definition) is 4.